The van der Waals surface area contributed by atoms with Gasteiger partial charge in [0.1, 0.15) is 0 Å². The lowest BCUT2D eigenvalue weighted by molar-refractivity contribution is 0.109. The molecule has 1 N–H and O–H groups in total. The van der Waals surface area contributed by atoms with Gasteiger partial charge in [0.15, 0.2) is 9.84 Å². The van der Waals surface area contributed by atoms with Gasteiger partial charge in [0.25, 0.3) is 0 Å². The number of hydrogen-bond acceptors (Lipinski definition) is 4. The first-order valence-electron chi connectivity index (χ1n) is 9.65. The van der Waals surface area contributed by atoms with E-state index in [-0.39, 0.29) is 11.0 Å². The summed E-state index contributed by atoms with van der Waals surface area (Å²) in [6.45, 7) is 4.19. The van der Waals surface area contributed by atoms with E-state index >= 15 is 0 Å². The van der Waals surface area contributed by atoms with Crippen LogP contribution in [0.3, 0.4) is 0 Å². The summed E-state index contributed by atoms with van der Waals surface area (Å²) < 4.78 is 26.5. The molecule has 0 aromatic heterocycles. The van der Waals surface area contributed by atoms with Crippen molar-refractivity contribution in [2.45, 2.75) is 60.7 Å². The molecule has 5 heteroatoms. The number of aliphatic hydroxyl groups excluding tert-OH is 1. The molecule has 0 radical (unpaired) electrons. The Morgan fingerprint density at radius 2 is 1.74 bits per heavy atom. The third-order valence-corrected chi connectivity index (χ3v) is 9.23. The summed E-state index contributed by atoms with van der Waals surface area (Å²) >= 11 is 1.62. The summed E-state index contributed by atoms with van der Waals surface area (Å²) in [5, 5.41) is 11.2. The van der Waals surface area contributed by atoms with Gasteiger partial charge in [-0.1, -0.05) is 63.1 Å². The van der Waals surface area contributed by atoms with E-state index in [9.17, 15) is 13.5 Å². The van der Waals surface area contributed by atoms with Gasteiger partial charge in [-0.25, -0.2) is 8.42 Å². The van der Waals surface area contributed by atoms with Crippen molar-refractivity contribution in [1.29, 1.82) is 0 Å². The average molecular weight is 405 g/mol. The lowest BCUT2D eigenvalue weighted by atomic mass is 9.76. The molecule has 2 aromatic rings. The number of sulfone groups is 1. The van der Waals surface area contributed by atoms with Crippen LogP contribution in [0.1, 0.15) is 51.2 Å². The summed E-state index contributed by atoms with van der Waals surface area (Å²) in [4.78, 5) is 1.36. The molecule has 27 heavy (non-hydrogen) atoms. The van der Waals surface area contributed by atoms with Gasteiger partial charge in [0.2, 0.25) is 0 Å². The second kappa shape index (κ2) is 8.38. The fraction of sp³-hybridized carbons (Fsp3) is 0.455. The molecule has 1 aliphatic rings. The van der Waals surface area contributed by atoms with Crippen molar-refractivity contribution in [3.8, 4) is 0 Å². The van der Waals surface area contributed by atoms with Gasteiger partial charge < -0.3 is 5.11 Å². The number of thioether (sulfide) groups is 1. The van der Waals surface area contributed by atoms with Crippen LogP contribution < -0.4 is 0 Å². The van der Waals surface area contributed by atoms with E-state index in [0.29, 0.717) is 10.5 Å². The minimum Gasteiger partial charge on any atom is -0.387 e. The maximum Gasteiger partial charge on any atom is 0.179 e. The Balaban J connectivity index is 2.14. The molecule has 0 saturated heterocycles. The van der Waals surface area contributed by atoms with Crippen LogP contribution in [0.2, 0.25) is 0 Å². The van der Waals surface area contributed by atoms with E-state index in [1.165, 1.54) is 0 Å². The van der Waals surface area contributed by atoms with Crippen LogP contribution in [-0.2, 0) is 9.84 Å². The van der Waals surface area contributed by atoms with Crippen LogP contribution in [0.4, 0.5) is 0 Å². The van der Waals surface area contributed by atoms with Gasteiger partial charge in [-0.2, -0.15) is 0 Å². The van der Waals surface area contributed by atoms with E-state index in [1.807, 2.05) is 36.4 Å². The van der Waals surface area contributed by atoms with E-state index in [0.717, 1.165) is 30.6 Å². The first kappa shape index (κ1) is 20.4. The Kier molecular flexibility index (Phi) is 6.34. The van der Waals surface area contributed by atoms with Crippen molar-refractivity contribution < 1.29 is 13.5 Å². The second-order valence-electron chi connectivity index (χ2n) is 7.41. The highest BCUT2D eigenvalue weighted by atomic mass is 32.2. The van der Waals surface area contributed by atoms with E-state index in [2.05, 4.69) is 13.8 Å². The quantitative estimate of drug-likeness (QED) is 0.714. The number of hydrogen-bond donors (Lipinski definition) is 1. The number of fused-ring (bicyclic) bond motifs is 1. The maximum atomic E-state index is 13.3. The lowest BCUT2D eigenvalue weighted by Gasteiger charge is -2.40. The molecule has 3 unspecified atom stereocenters. The summed E-state index contributed by atoms with van der Waals surface area (Å²) in [5.74, 6) is 0.0923. The molecule has 0 amide bonds. The largest absolute Gasteiger partial charge is 0.387 e. The summed E-state index contributed by atoms with van der Waals surface area (Å²) in [5.41, 5.74) is 0.0751. The molecular formula is C22H28O3S2. The van der Waals surface area contributed by atoms with Crippen LogP contribution >= 0.6 is 11.8 Å². The maximum absolute atomic E-state index is 13.3. The molecule has 0 fully saturated rings. The molecule has 0 aliphatic carbocycles. The zero-order valence-electron chi connectivity index (χ0n) is 16.0. The Hall–Kier alpha value is -1.30. The fourth-order valence-corrected chi connectivity index (χ4v) is 7.98. The highest BCUT2D eigenvalue weighted by Crippen LogP contribution is 2.52. The Morgan fingerprint density at radius 3 is 2.41 bits per heavy atom. The molecule has 0 saturated carbocycles. The van der Waals surface area contributed by atoms with Crippen molar-refractivity contribution in [3.63, 3.8) is 0 Å². The predicted octanol–water partition coefficient (Wildman–Crippen LogP) is 5.25. The standard InChI is InChI=1S/C22H28O3S2/c1-3-5-15-22(4-2)16-27(24,25)19-14-10-9-13-18(19)20(23)21(22)26-17-11-7-6-8-12-17/h6-14,20-21,23H,3-5,15-16H2,1-2H3. The molecule has 3 rings (SSSR count). The number of benzene rings is 2. The van der Waals surface area contributed by atoms with Crippen LogP contribution in [0.5, 0.6) is 0 Å². The molecule has 3 nitrogen and oxygen atoms in total. The van der Waals surface area contributed by atoms with Gasteiger partial charge >= 0.3 is 0 Å². The van der Waals surface area contributed by atoms with Gasteiger partial charge in [-0.15, -0.1) is 11.8 Å². The summed E-state index contributed by atoms with van der Waals surface area (Å²) in [7, 11) is -3.46. The molecule has 2 aromatic carbocycles. The first-order valence-corrected chi connectivity index (χ1v) is 12.2. The molecule has 0 bridgehead atoms. The summed E-state index contributed by atoms with van der Waals surface area (Å²) in [6, 6.07) is 17.0. The van der Waals surface area contributed by atoms with Gasteiger partial charge in [0.05, 0.1) is 16.8 Å². The zero-order chi connectivity index (χ0) is 19.5. The molecule has 1 heterocycles. The lowest BCUT2D eigenvalue weighted by Crippen LogP contribution is -2.40. The van der Waals surface area contributed by atoms with Crippen molar-refractivity contribution in [1.82, 2.24) is 0 Å². The molecule has 1 aliphatic heterocycles. The van der Waals surface area contributed by atoms with E-state index in [1.54, 1.807) is 30.0 Å². The van der Waals surface area contributed by atoms with Gasteiger partial charge in [0, 0.05) is 15.7 Å². The number of aliphatic hydroxyl groups is 1. The summed E-state index contributed by atoms with van der Waals surface area (Å²) in [6.07, 6.45) is 2.67. The van der Waals surface area contributed by atoms with Gasteiger partial charge in [-0.05, 0) is 36.5 Å². The molecular weight excluding hydrogens is 376 g/mol. The van der Waals surface area contributed by atoms with Crippen molar-refractivity contribution >= 4 is 21.6 Å². The second-order valence-corrected chi connectivity index (χ2v) is 10.6. The first-order chi connectivity index (χ1) is 12.9. The van der Waals surface area contributed by atoms with Crippen LogP contribution in [0.25, 0.3) is 0 Å². The molecule has 146 valence electrons. The topological polar surface area (TPSA) is 54.4 Å². The SMILES string of the molecule is CCCCC1(CC)CS(=O)(=O)c2ccccc2C(O)C1Sc1ccccc1. The normalized spacial score (nSPS) is 26.9. The zero-order valence-corrected chi connectivity index (χ0v) is 17.6. The highest BCUT2D eigenvalue weighted by molar-refractivity contribution is 8.00. The van der Waals surface area contributed by atoms with Crippen molar-refractivity contribution in [3.05, 3.63) is 60.2 Å². The van der Waals surface area contributed by atoms with Crippen LogP contribution in [-0.4, -0.2) is 24.5 Å². The number of unbranched alkanes of at least 4 members (excludes halogenated alkanes) is 1. The highest BCUT2D eigenvalue weighted by Gasteiger charge is 2.49. The molecule has 0 spiro atoms. The van der Waals surface area contributed by atoms with E-state index in [4.69, 9.17) is 0 Å². The Labute approximate surface area is 167 Å². The fourth-order valence-electron chi connectivity index (χ4n) is 4.10. The minimum absolute atomic E-state index is 0.0923. The molecule has 3 atom stereocenters. The average Bonchev–Trinajstić information content (AvgIpc) is 2.75. The minimum atomic E-state index is -3.46. The Bertz CT molecular complexity index is 864. The predicted molar refractivity (Wildman–Crippen MR) is 112 cm³/mol. The van der Waals surface area contributed by atoms with Crippen LogP contribution in [0, 0.1) is 5.41 Å². The van der Waals surface area contributed by atoms with Crippen molar-refractivity contribution in [2.24, 2.45) is 5.41 Å². The van der Waals surface area contributed by atoms with E-state index < -0.39 is 21.4 Å². The Morgan fingerprint density at radius 1 is 1.07 bits per heavy atom. The monoisotopic (exact) mass is 404 g/mol. The third kappa shape index (κ3) is 4.10. The van der Waals surface area contributed by atoms with Crippen LogP contribution in [0.15, 0.2) is 64.4 Å². The van der Waals surface area contributed by atoms with Gasteiger partial charge in [-0.3, -0.25) is 0 Å². The van der Waals surface area contributed by atoms with Crippen molar-refractivity contribution in [2.75, 3.05) is 5.75 Å². The third-order valence-electron chi connectivity index (χ3n) is 5.68. The number of rotatable bonds is 6. The smallest absolute Gasteiger partial charge is 0.179 e.